The number of azide groups is 1. The number of amides is 1. The summed E-state index contributed by atoms with van der Waals surface area (Å²) in [6.45, 7) is 2.81. The molecule has 0 bridgehead atoms. The second-order valence-electron chi connectivity index (χ2n) is 7.89. The van der Waals surface area contributed by atoms with Gasteiger partial charge in [-0.1, -0.05) is 29.4 Å². The lowest BCUT2D eigenvalue weighted by Crippen LogP contribution is -2.27. The number of nitrogens with one attached hydrogen (secondary N) is 2. The predicted octanol–water partition coefficient (Wildman–Crippen LogP) is 3.03. The molecule has 186 valence electrons. The number of hydrogen-bond acceptors (Lipinski definition) is 7. The molecule has 0 radical (unpaired) electrons. The highest BCUT2D eigenvalue weighted by atomic mass is 16.5. The summed E-state index contributed by atoms with van der Waals surface area (Å²) in [4.78, 5) is 44.3. The Labute approximate surface area is 206 Å². The van der Waals surface area contributed by atoms with Crippen molar-refractivity contribution < 1.29 is 28.6 Å². The van der Waals surface area contributed by atoms with Crippen LogP contribution in [0.1, 0.15) is 42.3 Å². The second kappa shape index (κ2) is 12.1. The molecule has 0 saturated carbocycles. The lowest BCUT2D eigenvalue weighted by atomic mass is 9.87. The first-order valence-electron chi connectivity index (χ1n) is 11.5. The Morgan fingerprint density at radius 2 is 1.58 bits per heavy atom. The molecule has 1 aromatic heterocycles. The molecule has 36 heavy (non-hydrogen) atoms. The van der Waals surface area contributed by atoms with E-state index < -0.39 is 0 Å². The van der Waals surface area contributed by atoms with E-state index in [1.54, 1.807) is 42.5 Å². The zero-order valence-corrected chi connectivity index (χ0v) is 19.5. The number of carbonyl (C=O) groups is 3. The van der Waals surface area contributed by atoms with Crippen molar-refractivity contribution in [3.63, 3.8) is 0 Å². The van der Waals surface area contributed by atoms with Crippen molar-refractivity contribution in [2.75, 3.05) is 52.7 Å². The molecule has 11 nitrogen and oxygen atoms in total. The highest BCUT2D eigenvalue weighted by molar-refractivity contribution is 6.32. The summed E-state index contributed by atoms with van der Waals surface area (Å²) in [5, 5.41) is 6.69. The highest BCUT2D eigenvalue weighted by Crippen LogP contribution is 2.33. The van der Waals surface area contributed by atoms with E-state index in [-0.39, 0.29) is 23.2 Å². The molecule has 0 unspecified atom stereocenters. The van der Waals surface area contributed by atoms with Crippen LogP contribution in [-0.4, -0.2) is 75.2 Å². The van der Waals surface area contributed by atoms with Gasteiger partial charge in [0.15, 0.2) is 5.78 Å². The molecule has 0 fully saturated rings. The van der Waals surface area contributed by atoms with Crippen LogP contribution in [0.25, 0.3) is 21.3 Å². The van der Waals surface area contributed by atoms with Gasteiger partial charge in [-0.2, -0.15) is 0 Å². The number of nitrogens with zero attached hydrogens (tertiary/aromatic N) is 3. The average Bonchev–Trinajstić information content (AvgIpc) is 3.29. The molecule has 1 aliphatic rings. The maximum atomic E-state index is 13.1. The molecule has 3 aromatic rings. The molecule has 2 aromatic carbocycles. The summed E-state index contributed by atoms with van der Waals surface area (Å²) in [6.07, 6.45) is 0. The minimum atomic E-state index is -0.306. The SMILES string of the molecule is [N-]=[N+]=NCCOCCOCCOCCNC(=O)c1ccc2[nH]c3c(c2c1)C(=O)c1ccccc1C3=O. The number of benzene rings is 2. The molecule has 0 saturated heterocycles. The molecule has 0 atom stereocenters. The van der Waals surface area contributed by atoms with Crippen LogP contribution in [-0.2, 0) is 14.2 Å². The maximum Gasteiger partial charge on any atom is 0.251 e. The van der Waals surface area contributed by atoms with Crippen molar-refractivity contribution in [2.24, 2.45) is 5.11 Å². The molecule has 2 N–H and O–H groups in total. The average molecular weight is 492 g/mol. The second-order valence-corrected chi connectivity index (χ2v) is 7.89. The fourth-order valence-electron chi connectivity index (χ4n) is 3.92. The standard InChI is InChI=1S/C25H25N5O6/c26-30-28-8-10-35-12-14-36-13-11-34-9-7-27-25(33)16-5-6-20-19(15-16)21-22(29-20)24(32)18-4-2-1-3-17(18)23(21)31/h1-6,15,29H,7-14H2,(H,27,33). The van der Waals surface area contributed by atoms with Gasteiger partial charge in [-0.3, -0.25) is 14.4 Å². The normalized spacial score (nSPS) is 12.2. The van der Waals surface area contributed by atoms with E-state index in [0.717, 1.165) is 0 Å². The number of ketones is 2. The van der Waals surface area contributed by atoms with Crippen molar-refractivity contribution >= 4 is 28.4 Å². The lowest BCUT2D eigenvalue weighted by molar-refractivity contribution is 0.0166. The van der Waals surface area contributed by atoms with Crippen LogP contribution < -0.4 is 5.32 Å². The Hall–Kier alpha value is -4.02. The van der Waals surface area contributed by atoms with Gasteiger partial charge >= 0.3 is 0 Å². The van der Waals surface area contributed by atoms with E-state index in [0.29, 0.717) is 85.9 Å². The molecule has 11 heteroatoms. The number of H-pyrrole nitrogens is 1. The Morgan fingerprint density at radius 1 is 0.917 bits per heavy atom. The Kier molecular flexibility index (Phi) is 8.43. The van der Waals surface area contributed by atoms with Gasteiger partial charge in [0.05, 0.1) is 50.9 Å². The van der Waals surface area contributed by atoms with Crippen molar-refractivity contribution in [2.45, 2.75) is 0 Å². The third kappa shape index (κ3) is 5.61. The van der Waals surface area contributed by atoms with Crippen LogP contribution in [0, 0.1) is 0 Å². The first kappa shape index (κ1) is 25.1. The van der Waals surface area contributed by atoms with Crippen LogP contribution in [0.5, 0.6) is 0 Å². The Bertz CT molecular complexity index is 1330. The molecular formula is C25H25N5O6. The fourth-order valence-corrected chi connectivity index (χ4v) is 3.92. The summed E-state index contributed by atoms with van der Waals surface area (Å²) in [6, 6.07) is 11.7. The maximum absolute atomic E-state index is 13.1. The first-order chi connectivity index (χ1) is 17.6. The van der Waals surface area contributed by atoms with E-state index in [4.69, 9.17) is 19.7 Å². The first-order valence-corrected chi connectivity index (χ1v) is 11.5. The summed E-state index contributed by atoms with van der Waals surface area (Å²) in [5.41, 5.74) is 10.4. The molecule has 1 amide bonds. The summed E-state index contributed by atoms with van der Waals surface area (Å²) < 4.78 is 16.0. The molecule has 0 spiro atoms. The van der Waals surface area contributed by atoms with Gasteiger partial charge in [0.2, 0.25) is 5.78 Å². The van der Waals surface area contributed by atoms with Gasteiger partial charge in [0.1, 0.15) is 0 Å². The Morgan fingerprint density at radius 3 is 2.31 bits per heavy atom. The van der Waals surface area contributed by atoms with Crippen molar-refractivity contribution in [3.05, 3.63) is 80.9 Å². The quantitative estimate of drug-likeness (QED) is 0.127. The molecule has 1 heterocycles. The number of fused-ring (bicyclic) bond motifs is 4. The zero-order chi connectivity index (χ0) is 25.3. The number of rotatable bonds is 13. The van der Waals surface area contributed by atoms with Gasteiger partial charge < -0.3 is 24.5 Å². The van der Waals surface area contributed by atoms with Gasteiger partial charge in [0.25, 0.3) is 5.91 Å². The van der Waals surface area contributed by atoms with Gasteiger partial charge in [-0.05, 0) is 23.7 Å². The number of aromatic amines is 1. The summed E-state index contributed by atoms with van der Waals surface area (Å²) >= 11 is 0. The van der Waals surface area contributed by atoms with Crippen LogP contribution >= 0.6 is 0 Å². The molecule has 4 rings (SSSR count). The smallest absolute Gasteiger partial charge is 0.251 e. The van der Waals surface area contributed by atoms with Crippen molar-refractivity contribution in [1.29, 1.82) is 0 Å². The monoisotopic (exact) mass is 491 g/mol. The van der Waals surface area contributed by atoms with Gasteiger partial charge in [-0.15, -0.1) is 0 Å². The van der Waals surface area contributed by atoms with E-state index in [9.17, 15) is 14.4 Å². The Balaban J connectivity index is 1.24. The van der Waals surface area contributed by atoms with E-state index in [2.05, 4.69) is 20.3 Å². The molecule has 0 aliphatic heterocycles. The van der Waals surface area contributed by atoms with Gasteiger partial charge in [0, 0.05) is 45.6 Å². The minimum Gasteiger partial charge on any atom is -0.379 e. The third-order valence-corrected chi connectivity index (χ3v) is 5.61. The van der Waals surface area contributed by atoms with Crippen LogP contribution in [0.3, 0.4) is 0 Å². The number of hydrogen-bond donors (Lipinski definition) is 2. The summed E-state index contributed by atoms with van der Waals surface area (Å²) in [5.74, 6) is -0.778. The van der Waals surface area contributed by atoms with E-state index in [1.807, 2.05) is 0 Å². The lowest BCUT2D eigenvalue weighted by Gasteiger charge is -2.14. The largest absolute Gasteiger partial charge is 0.379 e. The van der Waals surface area contributed by atoms with Gasteiger partial charge in [-0.25, -0.2) is 0 Å². The topological polar surface area (TPSA) is 155 Å². The summed E-state index contributed by atoms with van der Waals surface area (Å²) in [7, 11) is 0. The number of carbonyl (C=O) groups excluding carboxylic acids is 3. The zero-order valence-electron chi connectivity index (χ0n) is 19.5. The van der Waals surface area contributed by atoms with Crippen LogP contribution in [0.2, 0.25) is 0 Å². The van der Waals surface area contributed by atoms with E-state index >= 15 is 0 Å². The third-order valence-electron chi connectivity index (χ3n) is 5.61. The van der Waals surface area contributed by atoms with Crippen LogP contribution in [0.4, 0.5) is 0 Å². The fraction of sp³-hybridized carbons (Fsp3) is 0.320. The van der Waals surface area contributed by atoms with E-state index in [1.165, 1.54) is 0 Å². The molecule has 1 aliphatic carbocycles. The van der Waals surface area contributed by atoms with Crippen LogP contribution in [0.15, 0.2) is 47.6 Å². The minimum absolute atomic E-state index is 0.235. The van der Waals surface area contributed by atoms with Crippen molar-refractivity contribution in [1.82, 2.24) is 10.3 Å². The number of aromatic nitrogens is 1. The van der Waals surface area contributed by atoms with Crippen molar-refractivity contribution in [3.8, 4) is 0 Å². The number of ether oxygens (including phenoxy) is 3. The predicted molar refractivity (Wildman–Crippen MR) is 130 cm³/mol. The molecular weight excluding hydrogens is 466 g/mol. The highest BCUT2D eigenvalue weighted by Gasteiger charge is 2.33.